The van der Waals surface area contributed by atoms with Crippen molar-refractivity contribution in [2.75, 3.05) is 4.90 Å². The van der Waals surface area contributed by atoms with Crippen LogP contribution in [0.25, 0.3) is 0 Å². The van der Waals surface area contributed by atoms with Crippen LogP contribution in [-0.4, -0.2) is 70.2 Å². The van der Waals surface area contributed by atoms with Gasteiger partial charge < -0.3 is 26.6 Å². The van der Waals surface area contributed by atoms with Gasteiger partial charge in [0.25, 0.3) is 0 Å². The molecule has 0 aliphatic carbocycles. The maximum absolute atomic E-state index is 13.5. The number of carbonyl (C=O) groups is 6. The summed E-state index contributed by atoms with van der Waals surface area (Å²) in [4.78, 5) is 73.1. The lowest BCUT2D eigenvalue weighted by molar-refractivity contribution is -0.139. The third kappa shape index (κ3) is 6.34. The summed E-state index contributed by atoms with van der Waals surface area (Å²) in [6, 6.07) is 1.32. The van der Waals surface area contributed by atoms with Crippen molar-refractivity contribution in [2.45, 2.75) is 56.7 Å². The Morgan fingerprint density at radius 1 is 1.14 bits per heavy atom. The van der Waals surface area contributed by atoms with E-state index in [2.05, 4.69) is 15.7 Å². The fourth-order valence-corrected chi connectivity index (χ4v) is 4.26. The third-order valence-electron chi connectivity index (χ3n) is 5.76. The molecule has 0 radical (unpaired) electrons. The summed E-state index contributed by atoms with van der Waals surface area (Å²) < 4.78 is 0. The van der Waals surface area contributed by atoms with Crippen molar-refractivity contribution in [3.63, 3.8) is 0 Å². The Morgan fingerprint density at radius 2 is 1.86 bits per heavy atom. The summed E-state index contributed by atoms with van der Waals surface area (Å²) in [5.74, 6) is -4.16. The summed E-state index contributed by atoms with van der Waals surface area (Å²) in [5.41, 5.74) is 8.98. The van der Waals surface area contributed by atoms with Gasteiger partial charge in [0.2, 0.25) is 17.7 Å². The zero-order valence-corrected chi connectivity index (χ0v) is 19.1. The minimum Gasteiger partial charge on any atom is -0.481 e. The van der Waals surface area contributed by atoms with Gasteiger partial charge in [0.15, 0.2) is 0 Å². The number of carbonyl (C=O) groups excluding carboxylic acids is 4. The van der Waals surface area contributed by atoms with Crippen LogP contribution >= 0.6 is 0 Å². The highest BCUT2D eigenvalue weighted by Gasteiger charge is 2.44. The minimum absolute atomic E-state index is 0.164. The van der Waals surface area contributed by atoms with Crippen LogP contribution in [0.5, 0.6) is 0 Å². The van der Waals surface area contributed by atoms with E-state index in [0.29, 0.717) is 12.1 Å². The van der Waals surface area contributed by atoms with Crippen molar-refractivity contribution >= 4 is 47.6 Å². The number of nitrogens with two attached hydrogens (primary N) is 1. The molecule has 0 aromatic heterocycles. The maximum atomic E-state index is 13.5. The zero-order valence-electron chi connectivity index (χ0n) is 19.1. The lowest BCUT2D eigenvalue weighted by Gasteiger charge is -2.28. The molecule has 192 valence electrons. The van der Waals surface area contributed by atoms with Gasteiger partial charge >= 0.3 is 18.0 Å². The molecule has 3 rings (SSSR count). The molecule has 2 aliphatic rings. The van der Waals surface area contributed by atoms with E-state index in [4.69, 9.17) is 15.9 Å². The minimum atomic E-state index is -1.24. The highest BCUT2D eigenvalue weighted by atomic mass is 16.4. The molecule has 1 aromatic carbocycles. The average Bonchev–Trinajstić information content (AvgIpc) is 3.13. The fraction of sp³-hybridized carbons (Fsp3) is 0.409. The highest BCUT2D eigenvalue weighted by Crippen LogP contribution is 2.39. The number of benzene rings is 1. The Hall–Kier alpha value is -4.49. The Labute approximate surface area is 204 Å². The molecule has 7 N–H and O–H groups in total. The monoisotopic (exact) mass is 502 g/mol. The van der Waals surface area contributed by atoms with Crippen molar-refractivity contribution in [2.24, 2.45) is 10.8 Å². The van der Waals surface area contributed by atoms with Crippen LogP contribution in [0.4, 0.5) is 10.5 Å². The summed E-state index contributed by atoms with van der Waals surface area (Å²) in [5, 5.41) is 26.6. The number of amides is 5. The largest absolute Gasteiger partial charge is 0.481 e. The first-order chi connectivity index (χ1) is 17.1. The smallest absolute Gasteiger partial charge is 0.332 e. The van der Waals surface area contributed by atoms with Crippen LogP contribution < -0.4 is 26.7 Å². The van der Waals surface area contributed by atoms with Gasteiger partial charge in [0.05, 0.1) is 24.6 Å². The van der Waals surface area contributed by atoms with Crippen LogP contribution in [0.15, 0.2) is 23.3 Å². The number of hydrogen-bond donors (Lipinski definition) is 6. The molecule has 3 atom stereocenters. The topological polar surface area (TPSA) is 221 Å². The Kier molecular flexibility index (Phi) is 8.19. The molecular formula is C22H26N6O8. The van der Waals surface area contributed by atoms with Crippen molar-refractivity contribution in [3.8, 4) is 0 Å². The molecule has 0 unspecified atom stereocenters. The zero-order chi connectivity index (χ0) is 26.4. The molecule has 2 heterocycles. The van der Waals surface area contributed by atoms with Gasteiger partial charge in [-0.05, 0) is 24.0 Å². The molecule has 0 saturated carbocycles. The second-order valence-corrected chi connectivity index (χ2v) is 8.37. The quantitative estimate of drug-likeness (QED) is 0.169. The molecule has 0 saturated heterocycles. The van der Waals surface area contributed by atoms with Gasteiger partial charge in [-0.2, -0.15) is 5.10 Å². The van der Waals surface area contributed by atoms with Crippen LogP contribution in [0.1, 0.15) is 36.8 Å². The molecule has 0 spiro atoms. The average molecular weight is 502 g/mol. The van der Waals surface area contributed by atoms with Crippen molar-refractivity contribution in [1.29, 1.82) is 0 Å². The van der Waals surface area contributed by atoms with Gasteiger partial charge in [0.1, 0.15) is 12.1 Å². The Bertz CT molecular complexity index is 1120. The fourth-order valence-electron chi connectivity index (χ4n) is 4.26. The van der Waals surface area contributed by atoms with E-state index in [1.165, 1.54) is 4.90 Å². The Morgan fingerprint density at radius 3 is 2.53 bits per heavy atom. The molecule has 36 heavy (non-hydrogen) atoms. The Balaban J connectivity index is 1.83. The van der Waals surface area contributed by atoms with E-state index in [0.717, 1.165) is 17.3 Å². The molecule has 1 aromatic rings. The van der Waals surface area contributed by atoms with E-state index >= 15 is 0 Å². The first-order valence-electron chi connectivity index (χ1n) is 11.1. The molecule has 14 nitrogen and oxygen atoms in total. The van der Waals surface area contributed by atoms with Gasteiger partial charge in [-0.1, -0.05) is 18.2 Å². The number of nitrogens with zero attached hydrogens (tertiary/aromatic N) is 2. The molecule has 2 aliphatic heterocycles. The first kappa shape index (κ1) is 26.1. The third-order valence-corrected chi connectivity index (χ3v) is 5.76. The molecule has 0 bridgehead atoms. The van der Waals surface area contributed by atoms with Crippen molar-refractivity contribution in [1.82, 2.24) is 16.1 Å². The second-order valence-electron chi connectivity index (χ2n) is 8.37. The van der Waals surface area contributed by atoms with Crippen molar-refractivity contribution in [3.05, 3.63) is 29.3 Å². The standard InChI is InChI=1S/C22H26N6O8/c23-22(36)27-24-10-13(9-18(32)33)25-20(34)15-8-12-3-1-2-11-4-5-14(21(35)28(15)19(11)12)26-16(29)6-7-17(30)31/h1-3,10,13-15H,4-9H2,(H,25,34)(H,26,29)(H,30,31)(H,32,33)(H3,23,27,36)/t13-,14-,15-/m0/s1. The van der Waals surface area contributed by atoms with Gasteiger partial charge in [-0.15, -0.1) is 0 Å². The van der Waals surface area contributed by atoms with Gasteiger partial charge in [-0.25, -0.2) is 10.2 Å². The van der Waals surface area contributed by atoms with Crippen LogP contribution in [0, 0.1) is 0 Å². The lowest BCUT2D eigenvalue weighted by Crippen LogP contribution is -2.56. The lowest BCUT2D eigenvalue weighted by atomic mass is 10.0. The number of hydrogen-bond acceptors (Lipinski definition) is 7. The van der Waals surface area contributed by atoms with Crippen LogP contribution in [0.3, 0.4) is 0 Å². The van der Waals surface area contributed by atoms with Crippen LogP contribution in [-0.2, 0) is 36.8 Å². The first-order valence-corrected chi connectivity index (χ1v) is 11.1. The van der Waals surface area contributed by atoms with E-state index in [-0.39, 0.29) is 25.7 Å². The number of para-hydroxylation sites is 1. The second kappa shape index (κ2) is 11.3. The number of anilines is 1. The molecule has 0 fully saturated rings. The summed E-state index contributed by atoms with van der Waals surface area (Å²) in [7, 11) is 0. The van der Waals surface area contributed by atoms with E-state index in [1.807, 2.05) is 11.5 Å². The SMILES string of the molecule is NC(=O)NN=C[C@H](CC(=O)O)NC(=O)[C@@H]1Cc2cccc3c2N1C(=O)[C@@H](NC(=O)CCC(=O)O)CC3. The number of hydrazone groups is 1. The van der Waals surface area contributed by atoms with E-state index < -0.39 is 60.2 Å². The summed E-state index contributed by atoms with van der Waals surface area (Å²) >= 11 is 0. The number of nitrogens with one attached hydrogen (secondary N) is 3. The van der Waals surface area contributed by atoms with Gasteiger partial charge in [0, 0.05) is 19.1 Å². The van der Waals surface area contributed by atoms with Crippen LogP contribution in [0.2, 0.25) is 0 Å². The predicted octanol–water partition coefficient (Wildman–Crippen LogP) is -1.15. The normalized spacial score (nSPS) is 19.2. The number of carboxylic acid groups (broad SMARTS) is 2. The maximum Gasteiger partial charge on any atom is 0.332 e. The summed E-state index contributed by atoms with van der Waals surface area (Å²) in [6.07, 6.45) is 0.649. The number of carboxylic acids is 2. The number of aryl methyl sites for hydroxylation is 1. The van der Waals surface area contributed by atoms with Crippen molar-refractivity contribution < 1.29 is 39.0 Å². The number of primary amides is 1. The number of rotatable bonds is 10. The molecule has 14 heteroatoms. The van der Waals surface area contributed by atoms with E-state index in [1.54, 1.807) is 12.1 Å². The number of urea groups is 1. The van der Waals surface area contributed by atoms with E-state index in [9.17, 15) is 28.8 Å². The summed E-state index contributed by atoms with van der Waals surface area (Å²) in [6.45, 7) is 0. The molecular weight excluding hydrogens is 476 g/mol. The molecule has 5 amide bonds. The highest BCUT2D eigenvalue weighted by molar-refractivity contribution is 6.08. The van der Waals surface area contributed by atoms with Gasteiger partial charge in [-0.3, -0.25) is 28.9 Å². The predicted molar refractivity (Wildman–Crippen MR) is 124 cm³/mol. The number of aliphatic carboxylic acids is 2.